The van der Waals surface area contributed by atoms with Crippen molar-refractivity contribution in [2.24, 2.45) is 13.0 Å². The number of hydrogen-bond acceptors (Lipinski definition) is 5. The molecule has 2 atom stereocenters. The fourth-order valence-electron chi connectivity index (χ4n) is 5.42. The lowest BCUT2D eigenvalue weighted by atomic mass is 9.77. The van der Waals surface area contributed by atoms with E-state index in [1.54, 1.807) is 0 Å². The van der Waals surface area contributed by atoms with Crippen molar-refractivity contribution in [3.63, 3.8) is 0 Å². The Morgan fingerprint density at radius 1 is 1.02 bits per heavy atom. The Hall–Kier alpha value is -3.90. The molecule has 0 spiro atoms. The number of thiol groups is 1. The number of carbonyl (C=O) groups excluding carboxylic acids is 1. The van der Waals surface area contributed by atoms with Gasteiger partial charge in [-0.3, -0.25) is 14.3 Å². The molecule has 0 saturated heterocycles. The van der Waals surface area contributed by atoms with E-state index in [0.29, 0.717) is 18.9 Å². The third-order valence-corrected chi connectivity index (χ3v) is 8.54. The molecule has 240 valence electrons. The predicted octanol–water partition coefficient (Wildman–Crippen LogP) is 7.90. The van der Waals surface area contributed by atoms with Gasteiger partial charge in [0.1, 0.15) is 11.6 Å². The number of carbonyl (C=O) groups is 2. The first-order valence-electron chi connectivity index (χ1n) is 14.6. The zero-order chi connectivity index (χ0) is 32.7. The summed E-state index contributed by atoms with van der Waals surface area (Å²) in [5.41, 5.74) is 4.02. The van der Waals surface area contributed by atoms with Gasteiger partial charge in [0.25, 0.3) is 6.47 Å². The van der Waals surface area contributed by atoms with Crippen molar-refractivity contribution in [3.05, 3.63) is 83.4 Å². The molecule has 0 radical (unpaired) electrons. The monoisotopic (exact) mass is 644 g/mol. The molecule has 3 N–H and O–H groups in total. The van der Waals surface area contributed by atoms with Crippen LogP contribution in [0.15, 0.2) is 60.7 Å². The van der Waals surface area contributed by atoms with Gasteiger partial charge in [-0.2, -0.15) is 13.2 Å². The molecule has 0 aliphatic heterocycles. The molecule has 2 fully saturated rings. The first-order chi connectivity index (χ1) is 21.4. The summed E-state index contributed by atoms with van der Waals surface area (Å²) in [4.78, 5) is 25.8. The Kier molecular flexibility index (Phi) is 11.3. The minimum Gasteiger partial charge on any atom is -0.483 e. The van der Waals surface area contributed by atoms with Gasteiger partial charge in [-0.15, -0.1) is 0 Å². The third-order valence-electron chi connectivity index (χ3n) is 8.18. The van der Waals surface area contributed by atoms with Gasteiger partial charge in [0.05, 0.1) is 22.3 Å². The van der Waals surface area contributed by atoms with Gasteiger partial charge in [-0.25, -0.2) is 9.37 Å². The van der Waals surface area contributed by atoms with Crippen molar-refractivity contribution in [1.82, 2.24) is 14.3 Å². The first kappa shape index (κ1) is 34.0. The highest BCUT2D eigenvalue weighted by Gasteiger charge is 2.32. The van der Waals surface area contributed by atoms with E-state index < -0.39 is 17.6 Å². The molecule has 4 aromatic rings. The van der Waals surface area contributed by atoms with Crippen LogP contribution >= 0.6 is 12.8 Å². The summed E-state index contributed by atoms with van der Waals surface area (Å²) >= 11 is 3.83. The second-order valence-corrected chi connectivity index (χ2v) is 11.6. The van der Waals surface area contributed by atoms with Gasteiger partial charge in [-0.1, -0.05) is 49.6 Å². The predicted molar refractivity (Wildman–Crippen MR) is 169 cm³/mol. The molecule has 45 heavy (non-hydrogen) atoms. The number of imidazole rings is 1. The quantitative estimate of drug-likeness (QED) is 0.101. The highest BCUT2D eigenvalue weighted by Crippen LogP contribution is 2.38. The molecule has 3 aromatic carbocycles. The largest absolute Gasteiger partial charge is 0.483 e. The van der Waals surface area contributed by atoms with Crippen LogP contribution in [-0.4, -0.2) is 33.1 Å². The third kappa shape index (κ3) is 8.85. The number of anilines is 1. The molecule has 2 aliphatic rings. The van der Waals surface area contributed by atoms with Crippen LogP contribution in [0.1, 0.15) is 61.4 Å². The van der Waals surface area contributed by atoms with Gasteiger partial charge < -0.3 is 15.0 Å². The lowest BCUT2D eigenvalue weighted by Crippen LogP contribution is -2.28. The maximum Gasteiger partial charge on any atom is 0.416 e. The van der Waals surface area contributed by atoms with Crippen LogP contribution in [0.2, 0.25) is 0 Å². The number of nitrogens with one attached hydrogen (secondary N) is 2. The number of aromatic nitrogens is 2. The molecule has 2 aliphatic carbocycles. The van der Waals surface area contributed by atoms with Crippen LogP contribution in [0.3, 0.4) is 0 Å². The number of amides is 1. The van der Waals surface area contributed by atoms with Crippen molar-refractivity contribution in [2.75, 3.05) is 5.32 Å². The van der Waals surface area contributed by atoms with E-state index in [-0.39, 0.29) is 29.9 Å². The number of benzene rings is 3. The maximum atomic E-state index is 14.2. The van der Waals surface area contributed by atoms with Crippen molar-refractivity contribution in [2.45, 2.75) is 63.6 Å². The second kappa shape index (κ2) is 14.9. The summed E-state index contributed by atoms with van der Waals surface area (Å²) in [6.45, 7) is 1.73. The average Bonchev–Trinajstić information content (AvgIpc) is 3.83. The average molecular weight is 645 g/mol. The number of nitrogens with zero attached hydrogens (tertiary/aromatic N) is 2. The number of carboxylic acid groups (broad SMARTS) is 1. The Bertz CT molecular complexity index is 1620. The number of fused-ring (bicyclic) bond motifs is 1. The zero-order valence-electron chi connectivity index (χ0n) is 24.9. The Balaban J connectivity index is 0.000000509. The van der Waals surface area contributed by atoms with E-state index in [4.69, 9.17) is 9.90 Å². The van der Waals surface area contributed by atoms with Crippen LogP contribution in [-0.2, 0) is 22.8 Å². The summed E-state index contributed by atoms with van der Waals surface area (Å²) < 4.78 is 57.5. The van der Waals surface area contributed by atoms with Crippen LogP contribution in [0.4, 0.5) is 23.2 Å². The van der Waals surface area contributed by atoms with Crippen molar-refractivity contribution < 1.29 is 32.3 Å². The Morgan fingerprint density at radius 3 is 2.27 bits per heavy atom. The van der Waals surface area contributed by atoms with E-state index in [0.717, 1.165) is 64.6 Å². The fourth-order valence-corrected chi connectivity index (χ4v) is 5.68. The van der Waals surface area contributed by atoms with Crippen molar-refractivity contribution >= 4 is 41.9 Å². The Morgan fingerprint density at radius 2 is 1.69 bits per heavy atom. The number of alkyl halides is 3. The minimum atomic E-state index is -4.64. The SMILES string of the molecule is Cc1nc2cc(-c3ccc(C4CCCC(C(=O)Nc5ccc(C(F)(F)F)cc5F)C4)cc3)ccc2n1C.O=CO.SNC1CC1. The summed E-state index contributed by atoms with van der Waals surface area (Å²) in [6, 6.07) is 17.5. The number of hydrogen-bond donors (Lipinski definition) is 4. The molecule has 6 rings (SSSR count). The summed E-state index contributed by atoms with van der Waals surface area (Å²) in [5, 5.41) is 9.38. The van der Waals surface area contributed by atoms with Gasteiger partial charge in [0.15, 0.2) is 0 Å². The van der Waals surface area contributed by atoms with E-state index in [2.05, 4.69) is 74.9 Å². The molecule has 1 heterocycles. The molecule has 0 bridgehead atoms. The maximum absolute atomic E-state index is 14.2. The van der Waals surface area contributed by atoms with Gasteiger partial charge in [0, 0.05) is 19.0 Å². The molecular weight excluding hydrogens is 608 g/mol. The summed E-state index contributed by atoms with van der Waals surface area (Å²) in [7, 11) is 2.00. The van der Waals surface area contributed by atoms with E-state index in [9.17, 15) is 22.4 Å². The molecule has 2 unspecified atom stereocenters. The van der Waals surface area contributed by atoms with Gasteiger partial charge in [0.2, 0.25) is 5.91 Å². The standard InChI is InChI=1S/C29H27F4N3O.C3H7NS.CH2O2/c1-17-34-26-15-21(10-13-27(26)36(17)2)19-8-6-18(7-9-19)20-4-3-5-22(14-20)28(37)35-25-12-11-23(16-24(25)30)29(31,32)33;5-4-3-1-2-3;2-1-3/h6-13,15-16,20,22H,3-5,14H2,1-2H3,(H,35,37);3-5H,1-2H2;1H,(H,2,3). The summed E-state index contributed by atoms with van der Waals surface area (Å²) in [6.07, 6.45) is 1.05. The molecule has 1 amide bonds. The van der Waals surface area contributed by atoms with Gasteiger partial charge >= 0.3 is 6.18 Å². The number of halogens is 4. The number of aryl methyl sites for hydroxylation is 2. The molecule has 7 nitrogen and oxygen atoms in total. The van der Waals surface area contributed by atoms with E-state index >= 15 is 0 Å². The van der Waals surface area contributed by atoms with E-state index in [1.807, 2.05) is 14.0 Å². The first-order valence-corrected chi connectivity index (χ1v) is 15.1. The zero-order valence-corrected chi connectivity index (χ0v) is 25.8. The fraction of sp³-hybridized carbons (Fsp3) is 0.364. The van der Waals surface area contributed by atoms with Crippen molar-refractivity contribution in [3.8, 4) is 11.1 Å². The molecule has 1 aromatic heterocycles. The smallest absolute Gasteiger partial charge is 0.416 e. The molecular formula is C33H36F4N4O3S. The lowest BCUT2D eigenvalue weighted by molar-refractivity contribution is -0.137. The van der Waals surface area contributed by atoms with E-state index in [1.165, 1.54) is 12.8 Å². The van der Waals surface area contributed by atoms with Crippen LogP contribution in [0.5, 0.6) is 0 Å². The second-order valence-electron chi connectivity index (χ2n) is 11.3. The topological polar surface area (TPSA) is 96.2 Å². The molecule has 2 saturated carbocycles. The van der Waals surface area contributed by atoms with Crippen LogP contribution < -0.4 is 10.0 Å². The van der Waals surface area contributed by atoms with Crippen LogP contribution in [0.25, 0.3) is 22.2 Å². The van der Waals surface area contributed by atoms with Crippen LogP contribution in [0, 0.1) is 18.7 Å². The van der Waals surface area contributed by atoms with Gasteiger partial charge in [-0.05, 0) is 92.0 Å². The minimum absolute atomic E-state index is 0.178. The highest BCUT2D eigenvalue weighted by molar-refractivity contribution is 7.78. The lowest BCUT2D eigenvalue weighted by Gasteiger charge is -2.29. The normalized spacial score (nSPS) is 17.8. The Labute approximate surface area is 264 Å². The molecule has 12 heteroatoms. The highest BCUT2D eigenvalue weighted by atomic mass is 32.1. The van der Waals surface area contributed by atoms with Crippen molar-refractivity contribution in [1.29, 1.82) is 0 Å². The number of rotatable bonds is 5. The summed E-state index contributed by atoms with van der Waals surface area (Å²) in [5.74, 6) is -0.657.